The van der Waals surface area contributed by atoms with Crippen LogP contribution in [-0.2, 0) is 16.4 Å². The fourth-order valence-corrected chi connectivity index (χ4v) is 3.55. The van der Waals surface area contributed by atoms with Crippen LogP contribution in [0.25, 0.3) is 0 Å². The van der Waals surface area contributed by atoms with E-state index in [1.807, 2.05) is 6.92 Å². The molecule has 7 heteroatoms. The third-order valence-electron chi connectivity index (χ3n) is 2.98. The van der Waals surface area contributed by atoms with E-state index in [1.165, 1.54) is 6.07 Å². The van der Waals surface area contributed by atoms with Crippen LogP contribution < -0.4 is 10.5 Å². The predicted molar refractivity (Wildman–Crippen MR) is 85.0 cm³/mol. The first-order chi connectivity index (χ1) is 9.83. The first-order valence-corrected chi connectivity index (χ1v) is 8.23. The van der Waals surface area contributed by atoms with Crippen LogP contribution in [0.15, 0.2) is 35.4 Å². The minimum atomic E-state index is -3.77. The molecule has 5 nitrogen and oxygen atoms in total. The predicted octanol–water partition coefficient (Wildman–Crippen LogP) is 2.99. The smallest absolute Gasteiger partial charge is 0.262 e. The van der Waals surface area contributed by atoms with Crippen molar-refractivity contribution in [3.63, 3.8) is 0 Å². The highest BCUT2D eigenvalue weighted by atomic mass is 35.5. The topological polar surface area (TPSA) is 85.1 Å². The summed E-state index contributed by atoms with van der Waals surface area (Å²) < 4.78 is 27.6. The van der Waals surface area contributed by atoms with Crippen LogP contribution in [0.5, 0.6) is 0 Å². The van der Waals surface area contributed by atoms with Gasteiger partial charge in [-0.1, -0.05) is 24.6 Å². The van der Waals surface area contributed by atoms with Crippen molar-refractivity contribution in [2.45, 2.75) is 25.2 Å². The van der Waals surface area contributed by atoms with Crippen LogP contribution >= 0.6 is 11.6 Å². The van der Waals surface area contributed by atoms with Crippen molar-refractivity contribution in [2.24, 2.45) is 0 Å². The van der Waals surface area contributed by atoms with Gasteiger partial charge in [-0.3, -0.25) is 4.72 Å². The van der Waals surface area contributed by atoms with Gasteiger partial charge in [-0.05, 0) is 42.7 Å². The van der Waals surface area contributed by atoms with Crippen molar-refractivity contribution in [3.05, 3.63) is 46.7 Å². The fourth-order valence-electron chi connectivity index (χ4n) is 1.94. The van der Waals surface area contributed by atoms with Crippen LogP contribution in [0.2, 0.25) is 5.15 Å². The zero-order valence-electron chi connectivity index (χ0n) is 11.7. The Kier molecular flexibility index (Phi) is 4.39. The summed E-state index contributed by atoms with van der Waals surface area (Å²) in [5.74, 6) is 0. The molecule has 0 aliphatic rings. The molecule has 0 saturated carbocycles. The van der Waals surface area contributed by atoms with E-state index in [9.17, 15) is 8.42 Å². The Morgan fingerprint density at radius 2 is 2.05 bits per heavy atom. The van der Waals surface area contributed by atoms with E-state index in [0.29, 0.717) is 17.7 Å². The Balaban J connectivity index is 2.48. The summed E-state index contributed by atoms with van der Waals surface area (Å²) in [5.41, 5.74) is 7.83. The second kappa shape index (κ2) is 5.91. The number of hydrogen-bond donors (Lipinski definition) is 2. The first kappa shape index (κ1) is 15.6. The number of aromatic nitrogens is 1. The summed E-state index contributed by atoms with van der Waals surface area (Å²) in [5, 5.41) is 0.103. The standard InChI is InChI=1S/C14H16ClN3O2S/c1-3-10-4-5-11(16)7-13(10)21(19,20)18-12-6-9(2)8-17-14(12)15/h4-8,18H,3,16H2,1-2H3. The van der Waals surface area contributed by atoms with Crippen molar-refractivity contribution < 1.29 is 8.42 Å². The second-order valence-corrected chi connectivity index (χ2v) is 6.69. The summed E-state index contributed by atoms with van der Waals surface area (Å²) in [6.45, 7) is 3.69. The largest absolute Gasteiger partial charge is 0.399 e. The van der Waals surface area contributed by atoms with Crippen LogP contribution in [0.1, 0.15) is 18.1 Å². The molecule has 2 rings (SSSR count). The summed E-state index contributed by atoms with van der Waals surface area (Å²) in [7, 11) is -3.77. The van der Waals surface area contributed by atoms with Gasteiger partial charge in [-0.15, -0.1) is 0 Å². The zero-order valence-corrected chi connectivity index (χ0v) is 13.3. The number of halogens is 1. The van der Waals surface area contributed by atoms with E-state index < -0.39 is 10.0 Å². The lowest BCUT2D eigenvalue weighted by atomic mass is 10.1. The number of nitrogens with one attached hydrogen (secondary N) is 1. The summed E-state index contributed by atoms with van der Waals surface area (Å²) in [4.78, 5) is 4.09. The number of nitrogens with two attached hydrogens (primary N) is 1. The van der Waals surface area contributed by atoms with Crippen LogP contribution in [0.4, 0.5) is 11.4 Å². The molecule has 2 aromatic rings. The Morgan fingerprint density at radius 3 is 2.71 bits per heavy atom. The number of nitrogen functional groups attached to an aromatic ring is 1. The number of pyridine rings is 1. The van der Waals surface area contributed by atoms with Crippen LogP contribution in [0, 0.1) is 6.92 Å². The minimum absolute atomic E-state index is 0.103. The van der Waals surface area contributed by atoms with Gasteiger partial charge >= 0.3 is 0 Å². The van der Waals surface area contributed by atoms with E-state index in [-0.39, 0.29) is 15.7 Å². The molecule has 3 N–H and O–H groups in total. The molecule has 0 atom stereocenters. The molecule has 0 saturated heterocycles. The summed E-state index contributed by atoms with van der Waals surface area (Å²) in [6.07, 6.45) is 2.15. The number of hydrogen-bond acceptors (Lipinski definition) is 4. The maximum absolute atomic E-state index is 12.5. The Bertz CT molecular complexity index is 776. The molecule has 0 aliphatic carbocycles. The molecule has 0 aliphatic heterocycles. The molecule has 0 amide bonds. The van der Waals surface area contributed by atoms with Gasteiger partial charge in [-0.25, -0.2) is 13.4 Å². The highest BCUT2D eigenvalue weighted by molar-refractivity contribution is 7.92. The summed E-state index contributed by atoms with van der Waals surface area (Å²) in [6, 6.07) is 6.46. The molecule has 21 heavy (non-hydrogen) atoms. The van der Waals surface area contributed by atoms with Crippen molar-refractivity contribution in [2.75, 3.05) is 10.5 Å². The number of nitrogens with zero attached hydrogens (tertiary/aromatic N) is 1. The average molecular weight is 326 g/mol. The van der Waals surface area contributed by atoms with E-state index in [1.54, 1.807) is 31.3 Å². The van der Waals surface area contributed by atoms with Gasteiger partial charge in [0.2, 0.25) is 0 Å². The van der Waals surface area contributed by atoms with E-state index in [0.717, 1.165) is 5.56 Å². The molecule has 1 aromatic heterocycles. The summed E-state index contributed by atoms with van der Waals surface area (Å²) >= 11 is 5.93. The SMILES string of the molecule is CCc1ccc(N)cc1S(=O)(=O)Nc1cc(C)cnc1Cl. The number of sulfonamides is 1. The molecule has 1 heterocycles. The number of rotatable bonds is 4. The van der Waals surface area contributed by atoms with E-state index >= 15 is 0 Å². The minimum Gasteiger partial charge on any atom is -0.399 e. The average Bonchev–Trinajstić information content (AvgIpc) is 2.42. The number of anilines is 2. The van der Waals surface area contributed by atoms with Gasteiger partial charge in [0.05, 0.1) is 10.6 Å². The van der Waals surface area contributed by atoms with Gasteiger partial charge in [0, 0.05) is 11.9 Å². The third-order valence-corrected chi connectivity index (χ3v) is 4.73. The molecule has 0 unspecified atom stereocenters. The lowest BCUT2D eigenvalue weighted by molar-refractivity contribution is 0.600. The molecular weight excluding hydrogens is 310 g/mol. The second-order valence-electron chi connectivity index (χ2n) is 4.68. The van der Waals surface area contributed by atoms with Crippen molar-refractivity contribution in [1.82, 2.24) is 4.98 Å². The Labute approximate surface area is 129 Å². The molecule has 112 valence electrons. The Hall–Kier alpha value is -1.79. The van der Waals surface area contributed by atoms with Gasteiger partial charge in [0.15, 0.2) is 5.15 Å². The normalized spacial score (nSPS) is 11.4. The molecule has 1 aromatic carbocycles. The van der Waals surface area contributed by atoms with Gasteiger partial charge in [0.1, 0.15) is 0 Å². The highest BCUT2D eigenvalue weighted by Crippen LogP contribution is 2.26. The first-order valence-electron chi connectivity index (χ1n) is 6.37. The number of aryl methyl sites for hydroxylation is 2. The molecule has 0 bridgehead atoms. The van der Waals surface area contributed by atoms with Gasteiger partial charge < -0.3 is 5.73 Å². The Morgan fingerprint density at radius 1 is 1.33 bits per heavy atom. The monoisotopic (exact) mass is 325 g/mol. The highest BCUT2D eigenvalue weighted by Gasteiger charge is 2.20. The molecule has 0 radical (unpaired) electrons. The maximum atomic E-state index is 12.5. The van der Waals surface area contributed by atoms with Gasteiger partial charge in [-0.2, -0.15) is 0 Å². The van der Waals surface area contributed by atoms with E-state index in [2.05, 4.69) is 9.71 Å². The van der Waals surface area contributed by atoms with Crippen LogP contribution in [0.3, 0.4) is 0 Å². The third kappa shape index (κ3) is 3.46. The van der Waals surface area contributed by atoms with E-state index in [4.69, 9.17) is 17.3 Å². The van der Waals surface area contributed by atoms with Crippen molar-refractivity contribution >= 4 is 33.0 Å². The van der Waals surface area contributed by atoms with Gasteiger partial charge in [0.25, 0.3) is 10.0 Å². The molecule has 0 spiro atoms. The van der Waals surface area contributed by atoms with Crippen molar-refractivity contribution in [3.8, 4) is 0 Å². The number of benzene rings is 1. The van der Waals surface area contributed by atoms with Crippen LogP contribution in [-0.4, -0.2) is 13.4 Å². The lowest BCUT2D eigenvalue weighted by Gasteiger charge is -2.13. The molecular formula is C14H16ClN3O2S. The van der Waals surface area contributed by atoms with Crippen molar-refractivity contribution in [1.29, 1.82) is 0 Å². The fraction of sp³-hybridized carbons (Fsp3) is 0.214. The molecule has 0 fully saturated rings. The quantitative estimate of drug-likeness (QED) is 0.668. The zero-order chi connectivity index (χ0) is 15.6. The maximum Gasteiger partial charge on any atom is 0.262 e. The lowest BCUT2D eigenvalue weighted by Crippen LogP contribution is -2.16.